The fourth-order valence-electron chi connectivity index (χ4n) is 5.38. The Morgan fingerprint density at radius 3 is 2.40 bits per heavy atom. The molecule has 1 heterocycles. The molecule has 3 atom stereocenters. The van der Waals surface area contributed by atoms with E-state index in [1.165, 1.54) is 7.11 Å². The number of aryl methyl sites for hydroxylation is 1. The summed E-state index contributed by atoms with van der Waals surface area (Å²) < 4.78 is 28.0. The lowest BCUT2D eigenvalue weighted by atomic mass is 9.78. The number of hydrogen-bond acceptors (Lipinski definition) is 6. The Balaban J connectivity index is 1.70. The van der Waals surface area contributed by atoms with E-state index >= 15 is 0 Å². The van der Waals surface area contributed by atoms with Crippen molar-refractivity contribution in [3.05, 3.63) is 82.4 Å². The molecule has 0 bridgehead atoms. The third-order valence-corrected chi connectivity index (χ3v) is 6.96. The molecule has 0 saturated heterocycles. The van der Waals surface area contributed by atoms with Crippen molar-refractivity contribution >= 4 is 5.97 Å². The molecule has 0 amide bonds. The van der Waals surface area contributed by atoms with E-state index < -0.39 is 5.92 Å². The number of carbonyl (C=O) groups excluding carboxylic acids is 1. The van der Waals surface area contributed by atoms with Crippen molar-refractivity contribution in [3.8, 4) is 23.0 Å². The van der Waals surface area contributed by atoms with Crippen molar-refractivity contribution in [3.63, 3.8) is 0 Å². The van der Waals surface area contributed by atoms with E-state index in [0.717, 1.165) is 45.7 Å². The summed E-state index contributed by atoms with van der Waals surface area (Å²) in [5, 5.41) is 0. The summed E-state index contributed by atoms with van der Waals surface area (Å²) in [6, 6.07) is 18.1. The van der Waals surface area contributed by atoms with E-state index in [2.05, 4.69) is 32.0 Å². The summed E-state index contributed by atoms with van der Waals surface area (Å²) in [7, 11) is 3.11. The van der Waals surface area contributed by atoms with Crippen LogP contribution in [-0.4, -0.2) is 33.6 Å². The van der Waals surface area contributed by atoms with E-state index in [1.54, 1.807) is 7.11 Å². The van der Waals surface area contributed by atoms with Crippen molar-refractivity contribution < 1.29 is 28.5 Å². The van der Waals surface area contributed by atoms with Crippen LogP contribution in [0.4, 0.5) is 0 Å². The van der Waals surface area contributed by atoms with Gasteiger partial charge in [0.05, 0.1) is 26.7 Å². The summed E-state index contributed by atoms with van der Waals surface area (Å²) in [5.41, 5.74) is 5.27. The van der Waals surface area contributed by atoms with Crippen molar-refractivity contribution in [1.29, 1.82) is 0 Å². The molecule has 0 fully saturated rings. The number of esters is 1. The molecule has 0 saturated carbocycles. The van der Waals surface area contributed by atoms with Gasteiger partial charge in [-0.2, -0.15) is 0 Å². The van der Waals surface area contributed by atoms with Crippen LogP contribution < -0.4 is 18.9 Å². The fraction of sp³-hybridized carbons (Fsp3) is 0.345. The Morgan fingerprint density at radius 1 is 0.886 bits per heavy atom. The van der Waals surface area contributed by atoms with Gasteiger partial charge in [-0.05, 0) is 77.6 Å². The number of fused-ring (bicyclic) bond motifs is 2. The highest BCUT2D eigenvalue weighted by molar-refractivity contribution is 5.80. The highest BCUT2D eigenvalue weighted by Crippen LogP contribution is 2.55. The average Bonchev–Trinajstić information content (AvgIpc) is 3.48. The van der Waals surface area contributed by atoms with Gasteiger partial charge in [-0.15, -0.1) is 0 Å². The van der Waals surface area contributed by atoms with Crippen LogP contribution in [0.1, 0.15) is 53.0 Å². The maximum Gasteiger partial charge on any atom is 0.310 e. The Labute approximate surface area is 205 Å². The Morgan fingerprint density at radius 2 is 1.66 bits per heavy atom. The second kappa shape index (κ2) is 9.53. The predicted octanol–water partition coefficient (Wildman–Crippen LogP) is 5.59. The second-order valence-electron chi connectivity index (χ2n) is 8.98. The normalized spacial score (nSPS) is 19.8. The lowest BCUT2D eigenvalue weighted by Crippen LogP contribution is -2.26. The van der Waals surface area contributed by atoms with Crippen molar-refractivity contribution in [2.24, 2.45) is 5.92 Å². The largest absolute Gasteiger partial charge is 0.497 e. The van der Waals surface area contributed by atoms with Gasteiger partial charge in [-0.25, -0.2) is 0 Å². The number of hydrogen-bond donors (Lipinski definition) is 0. The summed E-state index contributed by atoms with van der Waals surface area (Å²) in [5.74, 6) is 1.88. The van der Waals surface area contributed by atoms with Crippen LogP contribution in [0.3, 0.4) is 0 Å². The highest BCUT2D eigenvalue weighted by Gasteiger charge is 2.48. The minimum absolute atomic E-state index is 0.201. The first-order valence-corrected chi connectivity index (χ1v) is 11.9. The van der Waals surface area contributed by atoms with Gasteiger partial charge >= 0.3 is 5.97 Å². The predicted molar refractivity (Wildman–Crippen MR) is 132 cm³/mol. The van der Waals surface area contributed by atoms with Gasteiger partial charge in [-0.1, -0.05) is 25.1 Å². The zero-order chi connectivity index (χ0) is 24.5. The van der Waals surface area contributed by atoms with Crippen LogP contribution in [0.15, 0.2) is 54.6 Å². The molecule has 35 heavy (non-hydrogen) atoms. The molecule has 1 aliphatic heterocycles. The van der Waals surface area contributed by atoms with Crippen molar-refractivity contribution in [2.75, 3.05) is 27.6 Å². The van der Waals surface area contributed by atoms with E-state index in [-0.39, 0.29) is 24.6 Å². The van der Waals surface area contributed by atoms with Gasteiger partial charge in [0.15, 0.2) is 11.5 Å². The van der Waals surface area contributed by atoms with Gasteiger partial charge in [0.1, 0.15) is 11.5 Å². The Kier molecular flexibility index (Phi) is 6.29. The van der Waals surface area contributed by atoms with Crippen LogP contribution in [0.2, 0.25) is 0 Å². The zero-order valence-electron chi connectivity index (χ0n) is 20.5. The number of carbonyl (C=O) groups is 1. The minimum atomic E-state index is -0.455. The molecular formula is C29H30O6. The molecule has 3 aromatic carbocycles. The van der Waals surface area contributed by atoms with Gasteiger partial charge in [0.25, 0.3) is 0 Å². The standard InChI is InChI=1S/C29H30O6/c1-5-12-33-20-8-10-22-23(15-20)27(21-9-7-19(31-3)13-17(21)2)28(29(30)32-4)26(22)18-6-11-24-25(14-18)35-16-34-24/h6-11,13-15,26-28H,5,12,16H2,1-4H3/t26?,27-,28?/m1/s1. The molecule has 0 spiro atoms. The summed E-state index contributed by atoms with van der Waals surface area (Å²) in [4.78, 5) is 13.4. The van der Waals surface area contributed by atoms with Crippen LogP contribution in [0, 0.1) is 12.8 Å². The molecule has 2 unspecified atom stereocenters. The third-order valence-electron chi connectivity index (χ3n) is 6.96. The highest BCUT2D eigenvalue weighted by atomic mass is 16.7. The first kappa shape index (κ1) is 23.1. The minimum Gasteiger partial charge on any atom is -0.497 e. The summed E-state index contributed by atoms with van der Waals surface area (Å²) in [6.45, 7) is 4.97. The molecule has 0 aromatic heterocycles. The molecule has 0 N–H and O–H groups in total. The molecule has 6 nitrogen and oxygen atoms in total. The van der Waals surface area contributed by atoms with Crippen molar-refractivity contribution in [1.82, 2.24) is 0 Å². The molecule has 1 aliphatic carbocycles. The fourth-order valence-corrected chi connectivity index (χ4v) is 5.38. The summed E-state index contributed by atoms with van der Waals surface area (Å²) >= 11 is 0. The first-order chi connectivity index (χ1) is 17.0. The molecule has 5 rings (SSSR count). The van der Waals surface area contributed by atoms with Gasteiger partial charge in [0.2, 0.25) is 6.79 Å². The van der Waals surface area contributed by atoms with Gasteiger partial charge in [-0.3, -0.25) is 4.79 Å². The molecule has 0 radical (unpaired) electrons. The number of ether oxygens (including phenoxy) is 5. The van der Waals surface area contributed by atoms with Crippen LogP contribution in [0.25, 0.3) is 0 Å². The van der Waals surface area contributed by atoms with Crippen LogP contribution >= 0.6 is 0 Å². The van der Waals surface area contributed by atoms with E-state index in [0.29, 0.717) is 18.1 Å². The molecule has 2 aliphatic rings. The smallest absolute Gasteiger partial charge is 0.310 e. The molecule has 3 aromatic rings. The van der Waals surface area contributed by atoms with Crippen LogP contribution in [0.5, 0.6) is 23.0 Å². The maximum atomic E-state index is 13.4. The third kappa shape index (κ3) is 4.07. The van der Waals surface area contributed by atoms with Crippen molar-refractivity contribution in [2.45, 2.75) is 32.1 Å². The maximum absolute atomic E-state index is 13.4. The first-order valence-electron chi connectivity index (χ1n) is 11.9. The average molecular weight is 475 g/mol. The van der Waals surface area contributed by atoms with E-state index in [1.807, 2.05) is 36.4 Å². The number of methoxy groups -OCH3 is 2. The topological polar surface area (TPSA) is 63.2 Å². The SMILES string of the molecule is CCCOc1ccc2c(c1)[C@@H](c1ccc(OC)cc1C)C(C(=O)OC)C2c1ccc2c(c1)OCO2. The lowest BCUT2D eigenvalue weighted by molar-refractivity contribution is -0.146. The van der Waals surface area contributed by atoms with Gasteiger partial charge < -0.3 is 23.7 Å². The van der Waals surface area contributed by atoms with Gasteiger partial charge in [0, 0.05) is 11.8 Å². The summed E-state index contributed by atoms with van der Waals surface area (Å²) in [6.07, 6.45) is 0.919. The Hall–Kier alpha value is -3.67. The van der Waals surface area contributed by atoms with Crippen LogP contribution in [-0.2, 0) is 9.53 Å². The monoisotopic (exact) mass is 474 g/mol. The van der Waals surface area contributed by atoms with E-state index in [9.17, 15) is 4.79 Å². The Bertz CT molecular complexity index is 1250. The lowest BCUT2D eigenvalue weighted by Gasteiger charge is -2.25. The number of rotatable bonds is 7. The quantitative estimate of drug-likeness (QED) is 0.416. The number of benzene rings is 3. The second-order valence-corrected chi connectivity index (χ2v) is 8.98. The zero-order valence-corrected chi connectivity index (χ0v) is 20.5. The van der Waals surface area contributed by atoms with E-state index in [4.69, 9.17) is 23.7 Å². The molecule has 182 valence electrons. The molecule has 6 heteroatoms. The molecular weight excluding hydrogens is 444 g/mol.